The van der Waals surface area contributed by atoms with E-state index in [9.17, 15) is 4.79 Å². The highest BCUT2D eigenvalue weighted by molar-refractivity contribution is 6.30. The summed E-state index contributed by atoms with van der Waals surface area (Å²) in [6.45, 7) is 0.519. The van der Waals surface area contributed by atoms with Crippen molar-refractivity contribution in [3.8, 4) is 5.75 Å². The van der Waals surface area contributed by atoms with Gasteiger partial charge in [-0.3, -0.25) is 4.79 Å². The number of hydrogen-bond acceptors (Lipinski definition) is 3. The van der Waals surface area contributed by atoms with Gasteiger partial charge in [-0.15, -0.1) is 0 Å². The lowest BCUT2D eigenvalue weighted by molar-refractivity contribution is 0.0991. The molecule has 0 aliphatic carbocycles. The zero-order valence-electron chi connectivity index (χ0n) is 11.9. The molecule has 0 radical (unpaired) electrons. The molecule has 0 saturated carbocycles. The van der Waals surface area contributed by atoms with E-state index in [0.717, 1.165) is 11.1 Å². The van der Waals surface area contributed by atoms with Gasteiger partial charge in [0.25, 0.3) is 0 Å². The first-order chi connectivity index (χ1) is 10.2. The van der Waals surface area contributed by atoms with Crippen LogP contribution in [0.25, 0.3) is 0 Å². The van der Waals surface area contributed by atoms with E-state index in [4.69, 9.17) is 22.1 Å². The van der Waals surface area contributed by atoms with E-state index in [0.29, 0.717) is 29.3 Å². The Morgan fingerprint density at radius 1 is 1.19 bits per heavy atom. The maximum atomic E-state index is 12.5. The standard InChI is InChI=1S/C17H18ClNO2/c1-21-17-7-6-14(18)10-13(17)11-16(20)15-5-3-2-4-12(15)8-9-19/h2-7,10H,8-9,11,19H2,1H3. The number of benzene rings is 2. The van der Waals surface area contributed by atoms with Crippen molar-refractivity contribution in [2.75, 3.05) is 13.7 Å². The van der Waals surface area contributed by atoms with Crippen molar-refractivity contribution >= 4 is 17.4 Å². The lowest BCUT2D eigenvalue weighted by Gasteiger charge is -2.11. The Morgan fingerprint density at radius 3 is 2.67 bits per heavy atom. The Morgan fingerprint density at radius 2 is 1.95 bits per heavy atom. The Hall–Kier alpha value is -1.84. The zero-order chi connectivity index (χ0) is 15.2. The molecule has 0 amide bonds. The third-order valence-electron chi connectivity index (χ3n) is 3.32. The first-order valence-electron chi connectivity index (χ1n) is 6.79. The first kappa shape index (κ1) is 15.5. The number of rotatable bonds is 6. The van der Waals surface area contributed by atoms with Crippen LogP contribution in [0.1, 0.15) is 21.5 Å². The van der Waals surface area contributed by atoms with Gasteiger partial charge in [0.15, 0.2) is 5.78 Å². The summed E-state index contributed by atoms with van der Waals surface area (Å²) in [5.41, 5.74) is 8.08. The molecule has 0 aliphatic rings. The van der Waals surface area contributed by atoms with Crippen LogP contribution in [0.15, 0.2) is 42.5 Å². The predicted octanol–water partition coefficient (Wildman–Crippen LogP) is 3.28. The van der Waals surface area contributed by atoms with Crippen LogP contribution in [0.5, 0.6) is 5.75 Å². The summed E-state index contributed by atoms with van der Waals surface area (Å²) in [4.78, 5) is 12.5. The first-order valence-corrected chi connectivity index (χ1v) is 7.17. The molecule has 0 atom stereocenters. The van der Waals surface area contributed by atoms with Gasteiger partial charge in [0.05, 0.1) is 7.11 Å². The number of halogens is 1. The smallest absolute Gasteiger partial charge is 0.167 e. The highest BCUT2D eigenvalue weighted by Gasteiger charge is 2.14. The second kappa shape index (κ2) is 7.25. The van der Waals surface area contributed by atoms with Gasteiger partial charge < -0.3 is 10.5 Å². The summed E-state index contributed by atoms with van der Waals surface area (Å²) < 4.78 is 5.28. The number of hydrogen-bond donors (Lipinski definition) is 1. The molecule has 0 bridgehead atoms. The molecule has 3 nitrogen and oxygen atoms in total. The molecular weight excluding hydrogens is 286 g/mol. The van der Waals surface area contributed by atoms with Crippen LogP contribution in [-0.2, 0) is 12.8 Å². The normalized spacial score (nSPS) is 10.4. The van der Waals surface area contributed by atoms with Crippen molar-refractivity contribution < 1.29 is 9.53 Å². The van der Waals surface area contributed by atoms with E-state index in [1.54, 1.807) is 25.3 Å². The van der Waals surface area contributed by atoms with E-state index in [1.165, 1.54) is 0 Å². The van der Waals surface area contributed by atoms with Crippen LogP contribution >= 0.6 is 11.6 Å². The van der Waals surface area contributed by atoms with Crippen molar-refractivity contribution in [2.45, 2.75) is 12.8 Å². The van der Waals surface area contributed by atoms with Crippen molar-refractivity contribution in [2.24, 2.45) is 5.73 Å². The maximum absolute atomic E-state index is 12.5. The van der Waals surface area contributed by atoms with Crippen LogP contribution in [0.4, 0.5) is 0 Å². The van der Waals surface area contributed by atoms with Crippen molar-refractivity contribution in [3.63, 3.8) is 0 Å². The Bertz CT molecular complexity index is 640. The van der Waals surface area contributed by atoms with Gasteiger partial charge in [-0.1, -0.05) is 35.9 Å². The molecule has 110 valence electrons. The Balaban J connectivity index is 2.28. The minimum Gasteiger partial charge on any atom is -0.496 e. The number of carbonyl (C=O) groups excluding carboxylic acids is 1. The summed E-state index contributed by atoms with van der Waals surface area (Å²) in [7, 11) is 1.58. The van der Waals surface area contributed by atoms with Crippen LogP contribution in [0.2, 0.25) is 5.02 Å². The number of carbonyl (C=O) groups is 1. The molecule has 2 aromatic carbocycles. The molecule has 4 heteroatoms. The average Bonchev–Trinajstić information content (AvgIpc) is 2.48. The van der Waals surface area contributed by atoms with Crippen LogP contribution in [0, 0.1) is 0 Å². The van der Waals surface area contributed by atoms with Crippen molar-refractivity contribution in [3.05, 3.63) is 64.2 Å². The molecule has 21 heavy (non-hydrogen) atoms. The van der Waals surface area contributed by atoms with E-state index in [1.807, 2.05) is 24.3 Å². The highest BCUT2D eigenvalue weighted by atomic mass is 35.5. The largest absolute Gasteiger partial charge is 0.496 e. The van der Waals surface area contributed by atoms with Crippen LogP contribution in [0.3, 0.4) is 0 Å². The number of methoxy groups -OCH3 is 1. The summed E-state index contributed by atoms with van der Waals surface area (Å²) in [6.07, 6.45) is 0.944. The number of ether oxygens (including phenoxy) is 1. The Kier molecular flexibility index (Phi) is 5.37. The topological polar surface area (TPSA) is 52.3 Å². The van der Waals surface area contributed by atoms with Crippen molar-refractivity contribution in [1.82, 2.24) is 0 Å². The zero-order valence-corrected chi connectivity index (χ0v) is 12.7. The molecule has 2 rings (SSSR count). The van der Waals surface area contributed by atoms with Gasteiger partial charge >= 0.3 is 0 Å². The number of Topliss-reactive ketones (excluding diaryl/α,β-unsaturated/α-hetero) is 1. The maximum Gasteiger partial charge on any atom is 0.167 e. The van der Waals surface area contributed by atoms with Gasteiger partial charge in [0, 0.05) is 22.6 Å². The fourth-order valence-corrected chi connectivity index (χ4v) is 2.51. The molecular formula is C17H18ClNO2. The summed E-state index contributed by atoms with van der Waals surface area (Å²) in [5, 5.41) is 0.592. The lowest BCUT2D eigenvalue weighted by atomic mass is 9.96. The van der Waals surface area contributed by atoms with E-state index < -0.39 is 0 Å². The highest BCUT2D eigenvalue weighted by Crippen LogP contribution is 2.24. The fraction of sp³-hybridized carbons (Fsp3) is 0.235. The van der Waals surface area contributed by atoms with Crippen LogP contribution in [-0.4, -0.2) is 19.4 Å². The lowest BCUT2D eigenvalue weighted by Crippen LogP contribution is -2.11. The molecule has 2 aromatic rings. The van der Waals surface area contributed by atoms with Crippen molar-refractivity contribution in [1.29, 1.82) is 0 Å². The molecule has 0 aliphatic heterocycles. The van der Waals surface area contributed by atoms with Gasteiger partial charge in [0.1, 0.15) is 5.75 Å². The van der Waals surface area contributed by atoms with E-state index >= 15 is 0 Å². The molecule has 2 N–H and O–H groups in total. The molecule has 0 unspecified atom stereocenters. The number of ketones is 1. The number of nitrogens with two attached hydrogens (primary N) is 1. The fourth-order valence-electron chi connectivity index (χ4n) is 2.32. The third-order valence-corrected chi connectivity index (χ3v) is 3.56. The minimum atomic E-state index is 0.0413. The monoisotopic (exact) mass is 303 g/mol. The van der Waals surface area contributed by atoms with E-state index in [-0.39, 0.29) is 12.2 Å². The summed E-state index contributed by atoms with van der Waals surface area (Å²) >= 11 is 6.00. The van der Waals surface area contributed by atoms with E-state index in [2.05, 4.69) is 0 Å². The molecule has 0 aromatic heterocycles. The van der Waals surface area contributed by atoms with Gasteiger partial charge in [0.2, 0.25) is 0 Å². The quantitative estimate of drug-likeness (QED) is 0.833. The SMILES string of the molecule is COc1ccc(Cl)cc1CC(=O)c1ccccc1CCN. The van der Waals surface area contributed by atoms with Gasteiger partial charge in [-0.25, -0.2) is 0 Å². The summed E-state index contributed by atoms with van der Waals surface area (Å²) in [6, 6.07) is 12.8. The minimum absolute atomic E-state index is 0.0413. The third kappa shape index (κ3) is 3.84. The van der Waals surface area contributed by atoms with Gasteiger partial charge in [-0.2, -0.15) is 0 Å². The molecule has 0 heterocycles. The van der Waals surface area contributed by atoms with Gasteiger partial charge in [-0.05, 0) is 36.7 Å². The molecule has 0 fully saturated rings. The molecule has 0 spiro atoms. The second-order valence-corrected chi connectivity index (χ2v) is 5.19. The van der Waals surface area contributed by atoms with Crippen LogP contribution < -0.4 is 10.5 Å². The second-order valence-electron chi connectivity index (χ2n) is 4.75. The molecule has 0 saturated heterocycles. The summed E-state index contributed by atoms with van der Waals surface area (Å²) in [5.74, 6) is 0.712. The average molecular weight is 304 g/mol. The Labute approximate surface area is 129 Å². The predicted molar refractivity (Wildman–Crippen MR) is 85.2 cm³/mol.